The first-order valence-corrected chi connectivity index (χ1v) is 8.82. The highest BCUT2D eigenvalue weighted by Gasteiger charge is 2.17. The average Bonchev–Trinajstić information content (AvgIpc) is 2.62. The summed E-state index contributed by atoms with van der Waals surface area (Å²) >= 11 is 17.4. The van der Waals surface area contributed by atoms with Crippen molar-refractivity contribution in [3.8, 4) is 0 Å². The van der Waals surface area contributed by atoms with Crippen LogP contribution in [0.3, 0.4) is 0 Å². The maximum Gasteiger partial charge on any atom is 0.0960 e. The van der Waals surface area contributed by atoms with Gasteiger partial charge in [0.05, 0.1) is 9.16 Å². The topological polar surface area (TPSA) is 0 Å². The molecule has 0 aliphatic heterocycles. The van der Waals surface area contributed by atoms with E-state index in [0.717, 1.165) is 14.4 Å². The van der Waals surface area contributed by atoms with Gasteiger partial charge in [0.25, 0.3) is 0 Å². The van der Waals surface area contributed by atoms with Crippen LogP contribution in [0.15, 0.2) is 28.7 Å². The Kier molecular flexibility index (Phi) is 4.97. The number of halogens is 4. The van der Waals surface area contributed by atoms with Gasteiger partial charge in [0.15, 0.2) is 0 Å². The summed E-state index contributed by atoms with van der Waals surface area (Å²) in [5.41, 5.74) is 2.40. The molecule has 0 aliphatic carbocycles. The minimum absolute atomic E-state index is 0.197. The Morgan fingerprint density at radius 1 is 1.35 bits per heavy atom. The molecule has 1 atom stereocenters. The third-order valence-corrected chi connectivity index (χ3v) is 6.74. The molecular weight excluding hydrogens is 498 g/mol. The van der Waals surface area contributed by atoms with Crippen LogP contribution in [-0.2, 0) is 0 Å². The molecule has 0 amide bonds. The van der Waals surface area contributed by atoms with Gasteiger partial charge in [-0.1, -0.05) is 43.5 Å². The van der Waals surface area contributed by atoms with Crippen LogP contribution < -0.4 is 0 Å². The van der Waals surface area contributed by atoms with Crippen LogP contribution >= 0.6 is 77.4 Å². The Morgan fingerprint density at radius 2 is 2.06 bits per heavy atom. The van der Waals surface area contributed by atoms with Gasteiger partial charge in [-0.15, -0.1) is 11.3 Å². The number of rotatable bonds is 2. The quantitative estimate of drug-likeness (QED) is 0.320. The number of aryl methyl sites for hydroxylation is 1. The second-order valence-electron chi connectivity index (χ2n) is 3.63. The van der Waals surface area contributed by atoms with Crippen molar-refractivity contribution in [2.75, 3.05) is 0 Å². The van der Waals surface area contributed by atoms with Crippen molar-refractivity contribution in [2.24, 2.45) is 0 Å². The molecule has 0 fully saturated rings. The van der Waals surface area contributed by atoms with E-state index in [1.165, 1.54) is 14.0 Å². The fourth-order valence-electron chi connectivity index (χ4n) is 1.47. The second-order valence-corrected chi connectivity index (χ2v) is 8.31. The summed E-state index contributed by atoms with van der Waals surface area (Å²) in [7, 11) is 0. The van der Waals surface area contributed by atoms with Crippen LogP contribution in [0.2, 0.25) is 4.34 Å². The zero-order chi connectivity index (χ0) is 12.6. The summed E-state index contributed by atoms with van der Waals surface area (Å²) < 4.78 is 3.21. The minimum atomic E-state index is 0.197. The Morgan fingerprint density at radius 3 is 2.65 bits per heavy atom. The van der Waals surface area contributed by atoms with Gasteiger partial charge in [-0.05, 0) is 64.9 Å². The summed E-state index contributed by atoms with van der Waals surface area (Å²) in [4.78, 5) is 1.44. The van der Waals surface area contributed by atoms with Crippen molar-refractivity contribution in [2.45, 2.75) is 11.8 Å². The molecule has 0 saturated heterocycles. The van der Waals surface area contributed by atoms with E-state index in [2.05, 4.69) is 78.7 Å². The lowest BCUT2D eigenvalue weighted by molar-refractivity contribution is 1.20. The Bertz CT molecular complexity index is 534. The van der Waals surface area contributed by atoms with Crippen LogP contribution in [-0.4, -0.2) is 0 Å². The Labute approximate surface area is 140 Å². The molecule has 0 bridgehead atoms. The van der Waals surface area contributed by atoms with E-state index in [-0.39, 0.29) is 4.83 Å². The van der Waals surface area contributed by atoms with E-state index in [4.69, 9.17) is 11.6 Å². The summed E-state index contributed by atoms with van der Waals surface area (Å²) in [5, 5.41) is 0. The van der Waals surface area contributed by atoms with E-state index in [1.807, 2.05) is 6.92 Å². The fraction of sp³-hybridized carbons (Fsp3) is 0.167. The van der Waals surface area contributed by atoms with Gasteiger partial charge in [-0.25, -0.2) is 0 Å². The minimum Gasteiger partial charge on any atom is -0.127 e. The number of hydrogen-bond acceptors (Lipinski definition) is 1. The lowest BCUT2D eigenvalue weighted by Crippen LogP contribution is -1.93. The number of alkyl halides is 1. The molecule has 1 aromatic carbocycles. The van der Waals surface area contributed by atoms with Crippen molar-refractivity contribution in [3.05, 3.63) is 52.6 Å². The largest absolute Gasteiger partial charge is 0.127 e. The van der Waals surface area contributed by atoms with Crippen molar-refractivity contribution >= 4 is 77.4 Å². The molecule has 0 spiro atoms. The molecule has 0 N–H and O–H groups in total. The molecule has 0 aliphatic rings. The molecule has 0 radical (unpaired) electrons. The average molecular weight is 506 g/mol. The normalized spacial score (nSPS) is 12.8. The molecule has 0 saturated carbocycles. The van der Waals surface area contributed by atoms with Crippen LogP contribution in [0.4, 0.5) is 0 Å². The molecule has 1 heterocycles. The predicted octanol–water partition coefficient (Wildman–Crippen LogP) is 6.56. The monoisotopic (exact) mass is 504 g/mol. The molecule has 0 nitrogen and oxygen atoms in total. The lowest BCUT2D eigenvalue weighted by Gasteiger charge is -2.11. The van der Waals surface area contributed by atoms with E-state index in [0.29, 0.717) is 0 Å². The first kappa shape index (κ1) is 14.3. The highest BCUT2D eigenvalue weighted by atomic mass is 127. The summed E-state index contributed by atoms with van der Waals surface area (Å²) in [6, 6.07) is 8.45. The molecule has 1 unspecified atom stereocenters. The zero-order valence-electron chi connectivity index (χ0n) is 8.81. The van der Waals surface area contributed by atoms with Crippen LogP contribution in [0, 0.1) is 10.5 Å². The third kappa shape index (κ3) is 3.26. The van der Waals surface area contributed by atoms with E-state index in [1.54, 1.807) is 11.3 Å². The number of thiophene rings is 1. The lowest BCUT2D eigenvalue weighted by atomic mass is 10.1. The maximum atomic E-state index is 6.12. The van der Waals surface area contributed by atoms with Gasteiger partial charge >= 0.3 is 0 Å². The summed E-state index contributed by atoms with van der Waals surface area (Å²) in [6.07, 6.45) is 0. The van der Waals surface area contributed by atoms with Gasteiger partial charge < -0.3 is 0 Å². The highest BCUT2D eigenvalue weighted by Crippen LogP contribution is 2.40. The van der Waals surface area contributed by atoms with Crippen molar-refractivity contribution in [1.29, 1.82) is 0 Å². The van der Waals surface area contributed by atoms with Crippen LogP contribution in [0.1, 0.15) is 20.8 Å². The van der Waals surface area contributed by atoms with Crippen molar-refractivity contribution in [3.63, 3.8) is 0 Å². The van der Waals surface area contributed by atoms with Crippen LogP contribution in [0.25, 0.3) is 0 Å². The SMILES string of the molecule is Cc1cc(C(Br)c2cc(Br)ccc2I)sc1Cl. The smallest absolute Gasteiger partial charge is 0.0960 e. The Hall–Kier alpha value is 0.900. The molecule has 17 heavy (non-hydrogen) atoms. The first-order chi connectivity index (χ1) is 7.99. The van der Waals surface area contributed by atoms with Crippen molar-refractivity contribution in [1.82, 2.24) is 0 Å². The van der Waals surface area contributed by atoms with Crippen molar-refractivity contribution < 1.29 is 0 Å². The fourth-order valence-corrected chi connectivity index (χ4v) is 4.93. The second kappa shape index (κ2) is 5.90. The molecule has 2 rings (SSSR count). The number of hydrogen-bond donors (Lipinski definition) is 0. The van der Waals surface area contributed by atoms with Gasteiger partial charge in [-0.2, -0.15) is 0 Å². The predicted molar refractivity (Wildman–Crippen MR) is 91.7 cm³/mol. The standard InChI is InChI=1S/C12H8Br2ClIS/c1-6-4-10(17-12(6)15)11(14)8-5-7(13)2-3-9(8)16/h2-5,11H,1H3. The molecule has 5 heteroatoms. The molecule has 2 aromatic rings. The number of benzene rings is 1. The zero-order valence-corrected chi connectivity index (χ0v) is 15.7. The van der Waals surface area contributed by atoms with Gasteiger partial charge in [0.1, 0.15) is 0 Å². The highest BCUT2D eigenvalue weighted by molar-refractivity contribution is 14.1. The van der Waals surface area contributed by atoms with Crippen LogP contribution in [0.5, 0.6) is 0 Å². The van der Waals surface area contributed by atoms with Gasteiger partial charge in [0.2, 0.25) is 0 Å². The van der Waals surface area contributed by atoms with Gasteiger partial charge in [-0.3, -0.25) is 0 Å². The summed E-state index contributed by atoms with van der Waals surface area (Å²) in [5.74, 6) is 0. The van der Waals surface area contributed by atoms with Gasteiger partial charge in [0, 0.05) is 12.9 Å². The molecular formula is C12H8Br2ClIS. The van der Waals surface area contributed by atoms with E-state index in [9.17, 15) is 0 Å². The first-order valence-electron chi connectivity index (χ1n) is 4.84. The molecule has 1 aromatic heterocycles. The van der Waals surface area contributed by atoms with E-state index >= 15 is 0 Å². The maximum absolute atomic E-state index is 6.12. The third-order valence-electron chi connectivity index (χ3n) is 2.36. The summed E-state index contributed by atoms with van der Waals surface area (Å²) in [6.45, 7) is 2.04. The molecule has 90 valence electrons. The van der Waals surface area contributed by atoms with E-state index < -0.39 is 0 Å². The Balaban J connectivity index is 2.42.